The molecule has 0 unspecified atom stereocenters. The first-order valence-corrected chi connectivity index (χ1v) is 5.21. The Morgan fingerprint density at radius 2 is 2.09 bits per heavy atom. The lowest BCUT2D eigenvalue weighted by atomic mass is 10.1. The maximum Gasteiger partial charge on any atom is 0.0623 e. The maximum atomic E-state index is 4.44. The summed E-state index contributed by atoms with van der Waals surface area (Å²) >= 11 is 2.38. The summed E-state index contributed by atoms with van der Waals surface area (Å²) in [5.74, 6) is 0. The molecule has 60 valence electrons. The predicted octanol–water partition coefficient (Wildman–Crippen LogP) is 3.12. The van der Waals surface area contributed by atoms with Crippen molar-refractivity contribution in [2.75, 3.05) is 4.43 Å². The molecule has 1 nitrogen and oxygen atoms in total. The van der Waals surface area contributed by atoms with Gasteiger partial charge in [0.1, 0.15) is 0 Å². The highest BCUT2D eigenvalue weighted by Crippen LogP contribution is 2.25. The highest BCUT2D eigenvalue weighted by atomic mass is 127. The minimum Gasteiger partial charge on any atom is -0.254 e. The van der Waals surface area contributed by atoms with Crippen LogP contribution in [0.2, 0.25) is 0 Å². The fourth-order valence-electron chi connectivity index (χ4n) is 1.24. The Morgan fingerprint density at radius 3 is 2.36 bits per heavy atom. The zero-order valence-corrected chi connectivity index (χ0v) is 9.27. The molecule has 0 bridgehead atoms. The van der Waals surface area contributed by atoms with Crippen LogP contribution in [0.1, 0.15) is 20.8 Å². The molecular weight excluding hydrogens is 249 g/mol. The van der Waals surface area contributed by atoms with Gasteiger partial charge in [0.2, 0.25) is 0 Å². The van der Waals surface area contributed by atoms with Crippen molar-refractivity contribution in [1.29, 1.82) is 0 Å². The van der Waals surface area contributed by atoms with Gasteiger partial charge in [-0.25, -0.2) is 0 Å². The van der Waals surface area contributed by atoms with Crippen LogP contribution in [-0.4, -0.2) is 10.1 Å². The molecule has 1 aliphatic rings. The van der Waals surface area contributed by atoms with Crippen LogP contribution in [0.4, 0.5) is 0 Å². The molecule has 1 heterocycles. The third-order valence-electron chi connectivity index (χ3n) is 1.97. The molecule has 0 spiro atoms. The molecule has 0 N–H and O–H groups in total. The lowest BCUT2D eigenvalue weighted by Crippen LogP contribution is -1.94. The lowest BCUT2D eigenvalue weighted by molar-refractivity contribution is 1.30. The molecule has 0 radical (unpaired) electrons. The summed E-state index contributed by atoms with van der Waals surface area (Å²) in [5, 5.41) is 0. The molecule has 2 heteroatoms. The molecule has 0 saturated heterocycles. The summed E-state index contributed by atoms with van der Waals surface area (Å²) in [7, 11) is 0. The van der Waals surface area contributed by atoms with Gasteiger partial charge in [-0.2, -0.15) is 0 Å². The Kier molecular flexibility index (Phi) is 2.87. The van der Waals surface area contributed by atoms with Gasteiger partial charge in [0.15, 0.2) is 0 Å². The largest absolute Gasteiger partial charge is 0.254 e. The summed E-state index contributed by atoms with van der Waals surface area (Å²) in [5.41, 5.74) is 5.08. The molecule has 0 aromatic carbocycles. The average molecular weight is 261 g/mol. The van der Waals surface area contributed by atoms with E-state index in [0.29, 0.717) is 0 Å². The first kappa shape index (κ1) is 8.97. The normalized spacial score (nSPS) is 21.5. The van der Waals surface area contributed by atoms with Crippen LogP contribution in [0.3, 0.4) is 0 Å². The molecule has 11 heavy (non-hydrogen) atoms. The minimum atomic E-state index is 1.07. The smallest absolute Gasteiger partial charge is 0.0623 e. The van der Waals surface area contributed by atoms with Gasteiger partial charge in [-0.3, -0.25) is 4.99 Å². The van der Waals surface area contributed by atoms with Crippen molar-refractivity contribution in [2.45, 2.75) is 20.8 Å². The van der Waals surface area contributed by atoms with Crippen LogP contribution in [0.25, 0.3) is 0 Å². The van der Waals surface area contributed by atoms with Gasteiger partial charge in [-0.05, 0) is 31.9 Å². The SMILES string of the molecule is C/C=C1/N=C(C)C(CI)=C1C. The summed E-state index contributed by atoms with van der Waals surface area (Å²) in [6.07, 6.45) is 2.07. The molecule has 0 aromatic rings. The van der Waals surface area contributed by atoms with Crippen LogP contribution in [0.5, 0.6) is 0 Å². The molecule has 0 aromatic heterocycles. The quantitative estimate of drug-likeness (QED) is 0.508. The van der Waals surface area contributed by atoms with E-state index in [9.17, 15) is 0 Å². The predicted molar refractivity (Wildman–Crippen MR) is 58.5 cm³/mol. The first-order chi connectivity index (χ1) is 5.20. The average Bonchev–Trinajstić information content (AvgIpc) is 2.26. The van der Waals surface area contributed by atoms with Crippen molar-refractivity contribution in [3.8, 4) is 0 Å². The van der Waals surface area contributed by atoms with Crippen molar-refractivity contribution in [1.82, 2.24) is 0 Å². The van der Waals surface area contributed by atoms with Crippen LogP contribution in [0, 0.1) is 0 Å². The standard InChI is InChI=1S/C9H12IN/c1-4-9-6(2)8(5-10)7(3)11-9/h4H,5H2,1-3H3/b9-4+. The van der Waals surface area contributed by atoms with Gasteiger partial charge >= 0.3 is 0 Å². The van der Waals surface area contributed by atoms with E-state index in [-0.39, 0.29) is 0 Å². The van der Waals surface area contributed by atoms with E-state index in [0.717, 1.165) is 10.1 Å². The zero-order valence-electron chi connectivity index (χ0n) is 7.11. The molecule has 0 amide bonds. The van der Waals surface area contributed by atoms with Gasteiger partial charge in [-0.1, -0.05) is 28.7 Å². The third kappa shape index (κ3) is 1.55. The van der Waals surface area contributed by atoms with Crippen LogP contribution in [-0.2, 0) is 0 Å². The van der Waals surface area contributed by atoms with Gasteiger partial charge in [0.25, 0.3) is 0 Å². The van der Waals surface area contributed by atoms with Crippen molar-refractivity contribution in [3.63, 3.8) is 0 Å². The number of aliphatic imine (C=N–C) groups is 1. The topological polar surface area (TPSA) is 12.4 Å². The van der Waals surface area contributed by atoms with Gasteiger partial charge in [0, 0.05) is 10.1 Å². The van der Waals surface area contributed by atoms with Crippen LogP contribution >= 0.6 is 22.6 Å². The van der Waals surface area contributed by atoms with Crippen molar-refractivity contribution < 1.29 is 0 Å². The van der Waals surface area contributed by atoms with E-state index in [4.69, 9.17) is 0 Å². The molecule has 1 rings (SSSR count). The molecule has 0 aliphatic carbocycles. The van der Waals surface area contributed by atoms with E-state index < -0.39 is 0 Å². The molecule has 1 aliphatic heterocycles. The first-order valence-electron chi connectivity index (χ1n) is 3.68. The van der Waals surface area contributed by atoms with E-state index >= 15 is 0 Å². The number of allylic oxidation sites excluding steroid dienone is 3. The van der Waals surface area contributed by atoms with Gasteiger partial charge in [0.05, 0.1) is 5.70 Å². The number of hydrogen-bond acceptors (Lipinski definition) is 1. The number of alkyl halides is 1. The third-order valence-corrected chi connectivity index (χ3v) is 2.73. The Labute approximate surface area is 81.4 Å². The van der Waals surface area contributed by atoms with Gasteiger partial charge in [-0.15, -0.1) is 0 Å². The summed E-state index contributed by atoms with van der Waals surface area (Å²) in [4.78, 5) is 4.44. The van der Waals surface area contributed by atoms with Crippen molar-refractivity contribution in [3.05, 3.63) is 22.9 Å². The molecule has 0 atom stereocenters. The van der Waals surface area contributed by atoms with E-state index in [1.807, 2.05) is 6.92 Å². The maximum absolute atomic E-state index is 4.44. The zero-order chi connectivity index (χ0) is 8.43. The van der Waals surface area contributed by atoms with E-state index in [1.54, 1.807) is 0 Å². The highest BCUT2D eigenvalue weighted by molar-refractivity contribution is 14.1. The highest BCUT2D eigenvalue weighted by Gasteiger charge is 2.14. The number of halogens is 1. The van der Waals surface area contributed by atoms with Crippen molar-refractivity contribution in [2.24, 2.45) is 4.99 Å². The van der Waals surface area contributed by atoms with E-state index in [1.165, 1.54) is 16.9 Å². The number of hydrogen-bond donors (Lipinski definition) is 0. The minimum absolute atomic E-state index is 1.07. The van der Waals surface area contributed by atoms with Gasteiger partial charge < -0.3 is 0 Å². The Morgan fingerprint density at radius 1 is 1.45 bits per heavy atom. The van der Waals surface area contributed by atoms with Crippen LogP contribution < -0.4 is 0 Å². The fraction of sp³-hybridized carbons (Fsp3) is 0.444. The molecular formula is C9H12IN. The summed E-state index contributed by atoms with van der Waals surface area (Å²) in [6.45, 7) is 6.25. The monoisotopic (exact) mass is 261 g/mol. The second kappa shape index (κ2) is 3.52. The number of nitrogens with zero attached hydrogens (tertiary/aromatic N) is 1. The Bertz CT molecular complexity index is 259. The second-order valence-corrected chi connectivity index (χ2v) is 3.37. The Balaban J connectivity index is 3.09. The molecule has 0 fully saturated rings. The van der Waals surface area contributed by atoms with Crippen molar-refractivity contribution >= 4 is 28.3 Å². The summed E-state index contributed by atoms with van der Waals surface area (Å²) < 4.78 is 1.07. The lowest BCUT2D eigenvalue weighted by Gasteiger charge is -1.97. The van der Waals surface area contributed by atoms with Crippen LogP contribution in [0.15, 0.2) is 27.9 Å². The second-order valence-electron chi connectivity index (χ2n) is 2.61. The Hall–Kier alpha value is -0.120. The summed E-state index contributed by atoms with van der Waals surface area (Å²) in [6, 6.07) is 0. The fourth-order valence-corrected chi connectivity index (χ4v) is 2.36. The molecule has 0 saturated carbocycles. The van der Waals surface area contributed by atoms with E-state index in [2.05, 4.69) is 47.5 Å². The number of rotatable bonds is 1.